The Balaban J connectivity index is 2.06. The number of alkyl halides is 2. The van der Waals surface area contributed by atoms with Crippen LogP contribution in [0.25, 0.3) is 0 Å². The van der Waals surface area contributed by atoms with E-state index >= 15 is 0 Å². The van der Waals surface area contributed by atoms with Crippen molar-refractivity contribution in [3.8, 4) is 23.7 Å². The summed E-state index contributed by atoms with van der Waals surface area (Å²) in [6, 6.07) is 3.66. The van der Waals surface area contributed by atoms with Crippen molar-refractivity contribution in [1.29, 1.82) is 5.41 Å². The maximum Gasteiger partial charge on any atom is 0.278 e. The second kappa shape index (κ2) is 9.56. The molecule has 28 heavy (non-hydrogen) atoms. The third kappa shape index (κ3) is 5.45. The van der Waals surface area contributed by atoms with Gasteiger partial charge in [0.25, 0.3) is 18.2 Å². The van der Waals surface area contributed by atoms with E-state index in [9.17, 15) is 18.4 Å². The molecule has 5 N–H and O–H groups in total. The van der Waals surface area contributed by atoms with Gasteiger partial charge in [0.05, 0.1) is 6.20 Å². The summed E-state index contributed by atoms with van der Waals surface area (Å²) in [5.74, 6) is 8.29. The van der Waals surface area contributed by atoms with Gasteiger partial charge >= 0.3 is 0 Å². The fourth-order valence-corrected chi connectivity index (χ4v) is 1.85. The number of rotatable bonds is 5. The molecule has 1 heterocycles. The molecule has 0 unspecified atom stereocenters. The van der Waals surface area contributed by atoms with E-state index in [0.29, 0.717) is 11.3 Å². The number of nitrogens with zero attached hydrogens (tertiary/aromatic N) is 2. The van der Waals surface area contributed by atoms with Gasteiger partial charge in [-0.15, -0.1) is 5.10 Å². The fraction of sp³-hybridized carbons (Fsp3) is 0.118. The van der Waals surface area contributed by atoms with E-state index in [0.717, 1.165) is 5.48 Å². The Hall–Kier alpha value is -4.09. The van der Waals surface area contributed by atoms with Crippen molar-refractivity contribution in [3.63, 3.8) is 0 Å². The van der Waals surface area contributed by atoms with Gasteiger partial charge in [0.15, 0.2) is 11.7 Å². The number of aromatic nitrogens is 3. The number of hydroxylamine groups is 1. The summed E-state index contributed by atoms with van der Waals surface area (Å²) in [4.78, 5) is 23.5. The number of hydrogen-bond donors (Lipinski definition) is 5. The number of halogens is 2. The average Bonchev–Trinajstić information content (AvgIpc) is 3.22. The highest BCUT2D eigenvalue weighted by atomic mass is 19.3. The Bertz CT molecular complexity index is 982. The molecule has 0 radical (unpaired) electrons. The lowest BCUT2D eigenvalue weighted by molar-refractivity contribution is -0.129. The minimum absolute atomic E-state index is 0.0389. The quantitative estimate of drug-likeness (QED) is 0.214. The number of H-pyrrole nitrogens is 1. The third-order valence-electron chi connectivity index (χ3n) is 3.22. The first-order chi connectivity index (χ1) is 13.4. The van der Waals surface area contributed by atoms with Crippen molar-refractivity contribution in [3.05, 3.63) is 47.3 Å². The third-order valence-corrected chi connectivity index (χ3v) is 3.22. The fourth-order valence-electron chi connectivity index (χ4n) is 1.85. The van der Waals surface area contributed by atoms with Crippen LogP contribution < -0.4 is 10.8 Å². The van der Waals surface area contributed by atoms with Crippen LogP contribution >= 0.6 is 0 Å². The maximum absolute atomic E-state index is 12.6. The van der Waals surface area contributed by atoms with E-state index in [1.54, 1.807) is 0 Å². The minimum Gasteiger partial charge on any atom is -0.335 e. The first-order valence-corrected chi connectivity index (χ1v) is 7.51. The van der Waals surface area contributed by atoms with Crippen LogP contribution in [-0.4, -0.2) is 50.6 Å². The molecule has 142 valence electrons. The molecule has 1 atom stereocenters. The Morgan fingerprint density at radius 1 is 1.18 bits per heavy atom. The zero-order valence-corrected chi connectivity index (χ0v) is 14.0. The molecule has 0 bridgehead atoms. The van der Waals surface area contributed by atoms with E-state index in [2.05, 4.69) is 39.1 Å². The molecule has 1 aromatic heterocycles. The van der Waals surface area contributed by atoms with Gasteiger partial charge in [0.1, 0.15) is 5.71 Å². The topological polar surface area (TPSA) is 144 Å². The lowest BCUT2D eigenvalue weighted by Gasteiger charge is -2.17. The summed E-state index contributed by atoms with van der Waals surface area (Å²) < 4.78 is 25.3. The summed E-state index contributed by atoms with van der Waals surface area (Å²) in [6.45, 7) is 0. The van der Waals surface area contributed by atoms with Crippen molar-refractivity contribution in [2.45, 2.75) is 12.5 Å². The van der Waals surface area contributed by atoms with Gasteiger partial charge in [0, 0.05) is 11.1 Å². The van der Waals surface area contributed by atoms with Gasteiger partial charge in [-0.2, -0.15) is 10.3 Å². The molecule has 11 heteroatoms. The lowest BCUT2D eigenvalue weighted by atomic mass is 10.1. The SMILES string of the molecule is N=C(C(F)F)[C@H](NC(=O)c1ccc(C#CC#Cc2cn[nH]n2)cc1)C(=O)NO. The summed E-state index contributed by atoms with van der Waals surface area (Å²) in [7, 11) is 0. The van der Waals surface area contributed by atoms with Gasteiger partial charge in [0.2, 0.25) is 0 Å². The zero-order chi connectivity index (χ0) is 20.5. The molecule has 1 aromatic carbocycles. The molecule has 0 spiro atoms. The van der Waals surface area contributed by atoms with E-state index < -0.39 is 30.0 Å². The van der Waals surface area contributed by atoms with Crippen LogP contribution in [0.3, 0.4) is 0 Å². The van der Waals surface area contributed by atoms with Gasteiger partial charge in [-0.1, -0.05) is 5.92 Å². The van der Waals surface area contributed by atoms with Crippen LogP contribution in [0.4, 0.5) is 8.78 Å². The normalized spacial score (nSPS) is 10.7. The predicted molar refractivity (Wildman–Crippen MR) is 91.5 cm³/mol. The number of carbonyl (C=O) groups excluding carboxylic acids is 2. The molecular formula is C17H12F2N6O3. The average molecular weight is 386 g/mol. The summed E-state index contributed by atoms with van der Waals surface area (Å²) in [6.07, 6.45) is -1.85. The van der Waals surface area contributed by atoms with Crippen LogP contribution in [0, 0.1) is 29.1 Å². The highest BCUT2D eigenvalue weighted by Crippen LogP contribution is 2.06. The van der Waals surface area contributed by atoms with Crippen LogP contribution in [-0.2, 0) is 4.79 Å². The summed E-state index contributed by atoms with van der Waals surface area (Å²) in [5, 5.41) is 27.5. The van der Waals surface area contributed by atoms with E-state index in [-0.39, 0.29) is 5.56 Å². The lowest BCUT2D eigenvalue weighted by Crippen LogP contribution is -2.52. The number of benzene rings is 1. The van der Waals surface area contributed by atoms with Crippen molar-refractivity contribution >= 4 is 17.5 Å². The number of hydrogen-bond acceptors (Lipinski definition) is 6. The van der Waals surface area contributed by atoms with Crippen LogP contribution in [0.2, 0.25) is 0 Å². The smallest absolute Gasteiger partial charge is 0.278 e. The second-order valence-electron chi connectivity index (χ2n) is 5.07. The molecule has 0 aliphatic carbocycles. The van der Waals surface area contributed by atoms with Crippen molar-refractivity contribution in [1.82, 2.24) is 26.2 Å². The Morgan fingerprint density at radius 3 is 2.43 bits per heavy atom. The highest BCUT2D eigenvalue weighted by molar-refractivity contribution is 6.11. The molecule has 0 aliphatic heterocycles. The molecule has 0 aliphatic rings. The van der Waals surface area contributed by atoms with Crippen LogP contribution in [0.15, 0.2) is 30.5 Å². The molecular weight excluding hydrogens is 374 g/mol. The molecule has 2 aromatic rings. The van der Waals surface area contributed by atoms with Crippen molar-refractivity contribution in [2.24, 2.45) is 0 Å². The Labute approximate surface area is 157 Å². The summed E-state index contributed by atoms with van der Waals surface area (Å²) >= 11 is 0. The zero-order valence-electron chi connectivity index (χ0n) is 14.0. The molecule has 2 amide bonds. The number of carbonyl (C=O) groups is 2. The number of amides is 2. The van der Waals surface area contributed by atoms with E-state index in [1.807, 2.05) is 5.32 Å². The Kier molecular flexibility index (Phi) is 6.91. The van der Waals surface area contributed by atoms with E-state index in [4.69, 9.17) is 10.6 Å². The molecule has 0 saturated heterocycles. The minimum atomic E-state index is -3.28. The van der Waals surface area contributed by atoms with Gasteiger partial charge in [-0.05, 0) is 42.0 Å². The van der Waals surface area contributed by atoms with Crippen molar-refractivity contribution in [2.75, 3.05) is 0 Å². The largest absolute Gasteiger partial charge is 0.335 e. The Morgan fingerprint density at radius 2 is 1.86 bits per heavy atom. The first-order valence-electron chi connectivity index (χ1n) is 7.51. The maximum atomic E-state index is 12.6. The number of aromatic amines is 1. The summed E-state index contributed by atoms with van der Waals surface area (Å²) in [5.41, 5.74) is 0.774. The van der Waals surface area contributed by atoms with Crippen molar-refractivity contribution < 1.29 is 23.6 Å². The van der Waals surface area contributed by atoms with Crippen LogP contribution in [0.1, 0.15) is 21.6 Å². The van der Waals surface area contributed by atoms with Gasteiger partial charge in [-0.25, -0.2) is 14.3 Å². The molecule has 0 saturated carbocycles. The first kappa shape index (κ1) is 20.2. The standard InChI is InChI=1S/C17H12F2N6O3/c18-15(19)13(20)14(17(27)24-28)22-16(26)11-7-5-10(6-8-11)3-1-2-4-12-9-21-25-23-12/h5-9,14-15,20,28H,(H,22,26)(H,24,27)(H,21,23,25)/t14-/m0/s1. The van der Waals surface area contributed by atoms with Gasteiger partial charge in [-0.3, -0.25) is 14.8 Å². The van der Waals surface area contributed by atoms with Crippen LogP contribution in [0.5, 0.6) is 0 Å². The molecule has 9 nitrogen and oxygen atoms in total. The van der Waals surface area contributed by atoms with Gasteiger partial charge < -0.3 is 10.7 Å². The monoisotopic (exact) mass is 386 g/mol. The predicted octanol–water partition coefficient (Wildman–Crippen LogP) is 0.0966. The molecule has 2 rings (SSSR count). The number of nitrogens with one attached hydrogen (secondary N) is 4. The van der Waals surface area contributed by atoms with E-state index in [1.165, 1.54) is 30.5 Å². The second-order valence-corrected chi connectivity index (χ2v) is 5.07. The highest BCUT2D eigenvalue weighted by Gasteiger charge is 2.30. The molecule has 0 fully saturated rings.